The largest absolute Gasteiger partial charge is 0.350 e. The average molecular weight is 407 g/mol. The Morgan fingerprint density at radius 2 is 1.37 bits per heavy atom. The van der Waals surface area contributed by atoms with Crippen LogP contribution in [0, 0.1) is 5.92 Å². The lowest BCUT2D eigenvalue weighted by Gasteiger charge is -2.30. The molecule has 1 N–H and O–H groups in total. The number of nitrogens with one attached hydrogen (secondary N) is 1. The van der Waals surface area contributed by atoms with E-state index in [1.807, 2.05) is 38.1 Å². The minimum absolute atomic E-state index is 0.0703. The molecule has 0 aromatic heterocycles. The molecule has 0 aliphatic heterocycles. The van der Waals surface area contributed by atoms with Crippen molar-refractivity contribution >= 4 is 35.0 Å². The second-order valence-corrected chi connectivity index (χ2v) is 7.64. The molecule has 0 spiro atoms. The molecule has 0 heterocycles. The van der Waals surface area contributed by atoms with Crippen LogP contribution in [0.1, 0.15) is 31.9 Å². The normalized spacial score (nSPS) is 11.9. The number of amides is 2. The SMILES string of the molecule is CC(C)C(=O)N(Cc1ccc(Cl)cc1)C(C)C(=O)NCc1ccc(Cl)cc1. The van der Waals surface area contributed by atoms with Gasteiger partial charge >= 0.3 is 0 Å². The van der Waals surface area contributed by atoms with Crippen LogP contribution < -0.4 is 5.32 Å². The zero-order chi connectivity index (χ0) is 20.0. The molecule has 0 aliphatic rings. The van der Waals surface area contributed by atoms with Crippen LogP contribution in [0.25, 0.3) is 0 Å². The van der Waals surface area contributed by atoms with Gasteiger partial charge in [0.25, 0.3) is 0 Å². The lowest BCUT2D eigenvalue weighted by atomic mass is 10.1. The van der Waals surface area contributed by atoms with E-state index in [9.17, 15) is 9.59 Å². The van der Waals surface area contributed by atoms with Crippen LogP contribution in [0.2, 0.25) is 10.0 Å². The number of hydrogen-bond donors (Lipinski definition) is 1. The molecule has 27 heavy (non-hydrogen) atoms. The Bertz CT molecular complexity index is 774. The summed E-state index contributed by atoms with van der Waals surface area (Å²) in [6.45, 7) is 6.13. The maximum absolute atomic E-state index is 12.7. The second kappa shape index (κ2) is 9.77. The van der Waals surface area contributed by atoms with E-state index in [4.69, 9.17) is 23.2 Å². The summed E-state index contributed by atoms with van der Waals surface area (Å²) in [4.78, 5) is 26.9. The van der Waals surface area contributed by atoms with Crippen LogP contribution in [0.3, 0.4) is 0 Å². The molecular formula is C21H24Cl2N2O2. The third kappa shape index (κ3) is 6.26. The molecular weight excluding hydrogens is 383 g/mol. The molecule has 0 fully saturated rings. The van der Waals surface area contributed by atoms with Gasteiger partial charge in [0.15, 0.2) is 0 Å². The summed E-state index contributed by atoms with van der Waals surface area (Å²) in [5.41, 5.74) is 1.87. The number of nitrogens with zero attached hydrogens (tertiary/aromatic N) is 1. The Hall–Kier alpha value is -2.04. The van der Waals surface area contributed by atoms with Crippen LogP contribution in [-0.4, -0.2) is 22.8 Å². The van der Waals surface area contributed by atoms with Crippen molar-refractivity contribution in [2.75, 3.05) is 0 Å². The monoisotopic (exact) mass is 406 g/mol. The summed E-state index contributed by atoms with van der Waals surface area (Å²) in [6, 6.07) is 14.0. The van der Waals surface area contributed by atoms with Crippen molar-refractivity contribution in [1.29, 1.82) is 0 Å². The fourth-order valence-electron chi connectivity index (χ4n) is 2.60. The molecule has 2 aromatic carbocycles. The molecule has 0 saturated heterocycles. The van der Waals surface area contributed by atoms with Gasteiger partial charge in [0, 0.05) is 29.1 Å². The highest BCUT2D eigenvalue weighted by Gasteiger charge is 2.27. The summed E-state index contributed by atoms with van der Waals surface area (Å²) in [5.74, 6) is -0.476. The lowest BCUT2D eigenvalue weighted by molar-refractivity contribution is -0.143. The first-order valence-corrected chi connectivity index (χ1v) is 9.60. The van der Waals surface area contributed by atoms with Gasteiger partial charge in [0.2, 0.25) is 11.8 Å². The summed E-state index contributed by atoms with van der Waals surface area (Å²) in [6.07, 6.45) is 0. The first-order valence-electron chi connectivity index (χ1n) is 8.85. The van der Waals surface area contributed by atoms with E-state index in [1.165, 1.54) is 0 Å². The highest BCUT2D eigenvalue weighted by atomic mass is 35.5. The van der Waals surface area contributed by atoms with Gasteiger partial charge in [-0.2, -0.15) is 0 Å². The van der Waals surface area contributed by atoms with Crippen LogP contribution in [0.5, 0.6) is 0 Å². The van der Waals surface area contributed by atoms with Gasteiger partial charge in [0.05, 0.1) is 0 Å². The van der Waals surface area contributed by atoms with E-state index >= 15 is 0 Å². The molecule has 1 atom stereocenters. The first-order chi connectivity index (χ1) is 12.8. The van der Waals surface area contributed by atoms with Gasteiger partial charge in [-0.05, 0) is 42.3 Å². The number of benzene rings is 2. The molecule has 4 nitrogen and oxygen atoms in total. The van der Waals surface area contributed by atoms with Gasteiger partial charge in [-0.25, -0.2) is 0 Å². The van der Waals surface area contributed by atoms with E-state index in [1.54, 1.807) is 36.1 Å². The fourth-order valence-corrected chi connectivity index (χ4v) is 2.86. The summed E-state index contributed by atoms with van der Waals surface area (Å²) in [5, 5.41) is 4.17. The van der Waals surface area contributed by atoms with Crippen molar-refractivity contribution in [3.63, 3.8) is 0 Å². The lowest BCUT2D eigenvalue weighted by Crippen LogP contribution is -2.48. The van der Waals surface area contributed by atoms with Crippen molar-refractivity contribution in [1.82, 2.24) is 10.2 Å². The zero-order valence-corrected chi connectivity index (χ0v) is 17.2. The third-order valence-corrected chi connectivity index (χ3v) is 4.77. The number of carbonyl (C=O) groups is 2. The Balaban J connectivity index is 2.08. The predicted octanol–water partition coefficient (Wildman–Crippen LogP) is 4.68. The number of carbonyl (C=O) groups excluding carboxylic acids is 2. The maximum Gasteiger partial charge on any atom is 0.242 e. The zero-order valence-electron chi connectivity index (χ0n) is 15.7. The van der Waals surface area contributed by atoms with Crippen molar-refractivity contribution < 1.29 is 9.59 Å². The molecule has 6 heteroatoms. The van der Waals surface area contributed by atoms with Crippen molar-refractivity contribution in [3.05, 3.63) is 69.7 Å². The number of rotatable bonds is 7. The number of halogens is 2. The quantitative estimate of drug-likeness (QED) is 0.725. The summed E-state index contributed by atoms with van der Waals surface area (Å²) < 4.78 is 0. The van der Waals surface area contributed by atoms with E-state index in [2.05, 4.69) is 5.32 Å². The van der Waals surface area contributed by atoms with Gasteiger partial charge < -0.3 is 10.2 Å². The molecule has 2 rings (SSSR count). The molecule has 2 amide bonds. The van der Waals surface area contributed by atoms with Gasteiger partial charge in [0.1, 0.15) is 6.04 Å². The topological polar surface area (TPSA) is 49.4 Å². The van der Waals surface area contributed by atoms with Crippen LogP contribution >= 0.6 is 23.2 Å². The molecule has 0 bridgehead atoms. The first kappa shape index (κ1) is 21.3. The van der Waals surface area contributed by atoms with Crippen LogP contribution in [0.15, 0.2) is 48.5 Å². The Morgan fingerprint density at radius 1 is 0.889 bits per heavy atom. The Labute approximate surface area is 170 Å². The van der Waals surface area contributed by atoms with Gasteiger partial charge in [-0.3, -0.25) is 9.59 Å². The highest BCUT2D eigenvalue weighted by molar-refractivity contribution is 6.30. The van der Waals surface area contributed by atoms with Crippen molar-refractivity contribution in [2.45, 2.75) is 39.9 Å². The molecule has 0 radical (unpaired) electrons. The molecule has 144 valence electrons. The Kier molecular flexibility index (Phi) is 7.69. The average Bonchev–Trinajstić information content (AvgIpc) is 2.65. The van der Waals surface area contributed by atoms with Crippen LogP contribution in [0.4, 0.5) is 0 Å². The smallest absolute Gasteiger partial charge is 0.242 e. The fraction of sp³-hybridized carbons (Fsp3) is 0.333. The van der Waals surface area contributed by atoms with Crippen molar-refractivity contribution in [2.24, 2.45) is 5.92 Å². The van der Waals surface area contributed by atoms with Crippen LogP contribution in [-0.2, 0) is 22.7 Å². The van der Waals surface area contributed by atoms with E-state index in [-0.39, 0.29) is 17.7 Å². The van der Waals surface area contributed by atoms with Crippen molar-refractivity contribution in [3.8, 4) is 0 Å². The van der Waals surface area contributed by atoms with E-state index < -0.39 is 6.04 Å². The Morgan fingerprint density at radius 3 is 1.85 bits per heavy atom. The minimum atomic E-state index is -0.595. The van der Waals surface area contributed by atoms with E-state index in [0.717, 1.165) is 11.1 Å². The number of hydrogen-bond acceptors (Lipinski definition) is 2. The maximum atomic E-state index is 12.7. The van der Waals surface area contributed by atoms with Gasteiger partial charge in [-0.15, -0.1) is 0 Å². The second-order valence-electron chi connectivity index (χ2n) is 6.77. The third-order valence-electron chi connectivity index (χ3n) is 4.27. The van der Waals surface area contributed by atoms with Gasteiger partial charge in [-0.1, -0.05) is 61.3 Å². The molecule has 0 saturated carbocycles. The highest BCUT2D eigenvalue weighted by Crippen LogP contribution is 2.16. The minimum Gasteiger partial charge on any atom is -0.350 e. The molecule has 1 unspecified atom stereocenters. The molecule has 0 aliphatic carbocycles. The van der Waals surface area contributed by atoms with E-state index in [0.29, 0.717) is 23.1 Å². The summed E-state index contributed by atoms with van der Waals surface area (Å²) >= 11 is 11.8. The molecule has 2 aromatic rings. The summed E-state index contributed by atoms with van der Waals surface area (Å²) in [7, 11) is 0. The standard InChI is InChI=1S/C21H24Cl2N2O2/c1-14(2)21(27)25(13-17-6-10-19(23)11-7-17)15(3)20(26)24-12-16-4-8-18(22)9-5-16/h4-11,14-15H,12-13H2,1-3H3,(H,24,26). The predicted molar refractivity (Wildman–Crippen MR) is 110 cm³/mol.